The molecule has 0 amide bonds. The molecule has 0 spiro atoms. The molecule has 2 N–H and O–H groups in total. The highest BCUT2D eigenvalue weighted by Gasteiger charge is 2.39. The fourth-order valence-corrected chi connectivity index (χ4v) is 3.06. The molecule has 1 unspecified atom stereocenters. The Morgan fingerprint density at radius 1 is 1.43 bits per heavy atom. The van der Waals surface area contributed by atoms with Gasteiger partial charge in [0.1, 0.15) is 0 Å². The molecule has 1 fully saturated rings. The summed E-state index contributed by atoms with van der Waals surface area (Å²) >= 11 is 0. The van der Waals surface area contributed by atoms with Crippen LogP contribution in [0, 0.1) is 10.8 Å². The third-order valence-electron chi connectivity index (χ3n) is 3.00. The predicted octanol–water partition coefficient (Wildman–Crippen LogP) is 1.87. The monoisotopic (exact) mass is 196 g/mol. The Morgan fingerprint density at radius 2 is 2.07 bits per heavy atom. The Hall–Kier alpha value is -0.660. The minimum atomic E-state index is 0.0819. The largest absolute Gasteiger partial charge is 0.328 e. The summed E-state index contributed by atoms with van der Waals surface area (Å²) in [6.07, 6.45) is 4.72. The summed E-state index contributed by atoms with van der Waals surface area (Å²) in [5.41, 5.74) is 6.37. The molecule has 1 aliphatic rings. The van der Waals surface area contributed by atoms with E-state index in [4.69, 9.17) is 5.73 Å². The van der Waals surface area contributed by atoms with E-state index >= 15 is 0 Å². The highest BCUT2D eigenvalue weighted by atomic mass is 16.1. The number of hydrogen-bond acceptors (Lipinski definition) is 3. The summed E-state index contributed by atoms with van der Waals surface area (Å²) in [6, 6.07) is 0.241. The van der Waals surface area contributed by atoms with Crippen LogP contribution in [0.25, 0.3) is 0 Å². The number of rotatable bonds is 2. The van der Waals surface area contributed by atoms with E-state index in [1.54, 1.807) is 6.08 Å². The fourth-order valence-electron chi connectivity index (χ4n) is 3.06. The standard InChI is InChI=1S/C11H20N2O/c1-10(2)4-9(12)5-11(3,6-10)7-13-8-14/h9H,4-7,12H2,1-3H3/t9-,11?/m0/s1. The summed E-state index contributed by atoms with van der Waals surface area (Å²) in [4.78, 5) is 13.8. The molecule has 3 nitrogen and oxygen atoms in total. The van der Waals surface area contributed by atoms with Crippen LogP contribution in [-0.2, 0) is 4.79 Å². The van der Waals surface area contributed by atoms with Crippen molar-refractivity contribution >= 4 is 6.08 Å². The minimum absolute atomic E-state index is 0.0819. The van der Waals surface area contributed by atoms with E-state index in [2.05, 4.69) is 25.8 Å². The molecule has 0 radical (unpaired) electrons. The SMILES string of the molecule is CC1(C)C[C@H](N)CC(C)(CN=C=O)C1. The smallest absolute Gasteiger partial charge is 0.234 e. The van der Waals surface area contributed by atoms with Crippen LogP contribution in [0.5, 0.6) is 0 Å². The molecule has 1 saturated carbocycles. The van der Waals surface area contributed by atoms with Crippen molar-refractivity contribution in [1.82, 2.24) is 0 Å². The second-order valence-corrected chi connectivity index (χ2v) is 5.73. The quantitative estimate of drug-likeness (QED) is 0.541. The van der Waals surface area contributed by atoms with E-state index < -0.39 is 0 Å². The molecule has 0 heterocycles. The maximum atomic E-state index is 10.1. The van der Waals surface area contributed by atoms with Crippen LogP contribution in [-0.4, -0.2) is 18.7 Å². The lowest BCUT2D eigenvalue weighted by molar-refractivity contribution is 0.0908. The Bertz CT molecular complexity index is 256. The molecule has 0 aromatic heterocycles. The predicted molar refractivity (Wildman–Crippen MR) is 56.7 cm³/mol. The van der Waals surface area contributed by atoms with Crippen LogP contribution in [0.2, 0.25) is 0 Å². The van der Waals surface area contributed by atoms with Crippen molar-refractivity contribution < 1.29 is 4.79 Å². The molecule has 0 bridgehead atoms. The summed E-state index contributed by atoms with van der Waals surface area (Å²) in [5, 5.41) is 0. The number of aliphatic imine (C=N–C) groups is 1. The Morgan fingerprint density at radius 3 is 2.57 bits per heavy atom. The Balaban J connectivity index is 2.73. The molecule has 0 aromatic rings. The van der Waals surface area contributed by atoms with Gasteiger partial charge in [-0.05, 0) is 30.1 Å². The van der Waals surface area contributed by atoms with Crippen molar-refractivity contribution in [2.75, 3.05) is 6.54 Å². The lowest BCUT2D eigenvalue weighted by atomic mass is 9.63. The highest BCUT2D eigenvalue weighted by Crippen LogP contribution is 2.45. The van der Waals surface area contributed by atoms with Crippen molar-refractivity contribution in [3.8, 4) is 0 Å². The summed E-state index contributed by atoms with van der Waals surface area (Å²) in [7, 11) is 0. The molecule has 80 valence electrons. The van der Waals surface area contributed by atoms with Crippen molar-refractivity contribution in [2.45, 2.75) is 46.1 Å². The van der Waals surface area contributed by atoms with E-state index in [0.29, 0.717) is 6.54 Å². The lowest BCUT2D eigenvalue weighted by Crippen LogP contribution is -2.43. The molecule has 14 heavy (non-hydrogen) atoms. The Kier molecular flexibility index (Phi) is 3.13. The zero-order chi connectivity index (χ0) is 10.8. The van der Waals surface area contributed by atoms with Crippen LogP contribution in [0.15, 0.2) is 4.99 Å². The summed E-state index contributed by atoms with van der Waals surface area (Å²) in [6.45, 7) is 7.19. The molecule has 1 rings (SSSR count). The van der Waals surface area contributed by atoms with Gasteiger partial charge in [0.2, 0.25) is 6.08 Å². The maximum Gasteiger partial charge on any atom is 0.234 e. The van der Waals surface area contributed by atoms with E-state index in [1.165, 1.54) is 0 Å². The third-order valence-corrected chi connectivity index (χ3v) is 3.00. The molecular formula is C11H20N2O. The highest BCUT2D eigenvalue weighted by molar-refractivity contribution is 5.33. The van der Waals surface area contributed by atoms with Gasteiger partial charge in [-0.25, -0.2) is 9.79 Å². The first-order valence-corrected chi connectivity index (χ1v) is 5.16. The van der Waals surface area contributed by atoms with Crippen LogP contribution < -0.4 is 5.73 Å². The second-order valence-electron chi connectivity index (χ2n) is 5.73. The van der Waals surface area contributed by atoms with Crippen molar-refractivity contribution in [1.29, 1.82) is 0 Å². The van der Waals surface area contributed by atoms with Gasteiger partial charge in [0.25, 0.3) is 0 Å². The molecule has 0 saturated heterocycles. The van der Waals surface area contributed by atoms with Crippen LogP contribution in [0.3, 0.4) is 0 Å². The molecular weight excluding hydrogens is 176 g/mol. The first-order valence-electron chi connectivity index (χ1n) is 5.16. The molecule has 1 aliphatic carbocycles. The van der Waals surface area contributed by atoms with E-state index in [1.807, 2.05) is 0 Å². The number of nitrogens with zero attached hydrogens (tertiary/aromatic N) is 1. The number of carbonyl (C=O) groups excluding carboxylic acids is 1. The van der Waals surface area contributed by atoms with Gasteiger partial charge in [0.05, 0.1) is 6.54 Å². The first kappa shape index (κ1) is 11.4. The van der Waals surface area contributed by atoms with Gasteiger partial charge in [-0.2, -0.15) is 0 Å². The lowest BCUT2D eigenvalue weighted by Gasteiger charge is -2.44. The molecule has 3 heteroatoms. The van der Waals surface area contributed by atoms with Gasteiger partial charge in [-0.15, -0.1) is 0 Å². The number of isocyanates is 1. The zero-order valence-corrected chi connectivity index (χ0v) is 9.34. The molecule has 0 aliphatic heterocycles. The van der Waals surface area contributed by atoms with Crippen molar-refractivity contribution in [3.05, 3.63) is 0 Å². The van der Waals surface area contributed by atoms with Gasteiger partial charge in [-0.1, -0.05) is 20.8 Å². The van der Waals surface area contributed by atoms with Crippen molar-refractivity contribution in [3.63, 3.8) is 0 Å². The van der Waals surface area contributed by atoms with E-state index in [0.717, 1.165) is 19.3 Å². The van der Waals surface area contributed by atoms with E-state index in [9.17, 15) is 4.79 Å². The van der Waals surface area contributed by atoms with Crippen LogP contribution in [0.1, 0.15) is 40.0 Å². The minimum Gasteiger partial charge on any atom is -0.328 e. The van der Waals surface area contributed by atoms with Crippen LogP contribution in [0.4, 0.5) is 0 Å². The van der Waals surface area contributed by atoms with Gasteiger partial charge in [-0.3, -0.25) is 0 Å². The third kappa shape index (κ3) is 2.93. The van der Waals surface area contributed by atoms with Crippen LogP contribution >= 0.6 is 0 Å². The number of nitrogens with two attached hydrogens (primary N) is 1. The summed E-state index contributed by atoms with van der Waals surface area (Å²) in [5.74, 6) is 0. The molecule has 2 atom stereocenters. The topological polar surface area (TPSA) is 55.4 Å². The van der Waals surface area contributed by atoms with Gasteiger partial charge >= 0.3 is 0 Å². The normalized spacial score (nSPS) is 36.1. The van der Waals surface area contributed by atoms with Crippen molar-refractivity contribution in [2.24, 2.45) is 21.6 Å². The second kappa shape index (κ2) is 3.84. The maximum absolute atomic E-state index is 10.1. The zero-order valence-electron chi connectivity index (χ0n) is 9.34. The molecule has 0 aromatic carbocycles. The summed E-state index contributed by atoms with van der Waals surface area (Å²) < 4.78 is 0. The van der Waals surface area contributed by atoms with Gasteiger partial charge in [0, 0.05) is 6.04 Å². The fraction of sp³-hybridized carbons (Fsp3) is 0.909. The average Bonchev–Trinajstić information content (AvgIpc) is 1.96. The average molecular weight is 196 g/mol. The first-order chi connectivity index (χ1) is 6.37. The Labute approximate surface area is 85.8 Å². The number of hydrogen-bond donors (Lipinski definition) is 1. The van der Waals surface area contributed by atoms with E-state index in [-0.39, 0.29) is 16.9 Å². The van der Waals surface area contributed by atoms with Gasteiger partial charge < -0.3 is 5.73 Å². The van der Waals surface area contributed by atoms with Gasteiger partial charge in [0.15, 0.2) is 0 Å².